The maximum absolute atomic E-state index is 10.9. The number of fused-ring (bicyclic) bond motifs is 1. The van der Waals surface area contributed by atoms with Gasteiger partial charge in [-0.2, -0.15) is 10.3 Å². The van der Waals surface area contributed by atoms with Gasteiger partial charge in [-0.3, -0.25) is 4.79 Å². The summed E-state index contributed by atoms with van der Waals surface area (Å²) >= 11 is 2.89. The van der Waals surface area contributed by atoms with Crippen LogP contribution in [0.15, 0.2) is 12.1 Å². The van der Waals surface area contributed by atoms with Gasteiger partial charge in [-0.25, -0.2) is 0 Å². The molecule has 1 atom stereocenters. The smallest absolute Gasteiger partial charge is 0.289 e. The first-order valence-electron chi connectivity index (χ1n) is 5.13. The molecule has 0 bridgehead atoms. The van der Waals surface area contributed by atoms with Crippen molar-refractivity contribution in [3.05, 3.63) is 35.0 Å². The quantitative estimate of drug-likeness (QED) is 0.594. The Hall–Kier alpha value is -0.496. The molecule has 2 aromatic heterocycles. The normalized spacial score (nSPS) is 20.9. The number of hydrogen-bond acceptors (Lipinski definition) is 4. The van der Waals surface area contributed by atoms with E-state index in [1.807, 2.05) is 6.07 Å². The van der Waals surface area contributed by atoms with Crippen LogP contribution in [0.4, 0.5) is 0 Å². The summed E-state index contributed by atoms with van der Waals surface area (Å²) in [4.78, 5) is 15.8. The summed E-state index contributed by atoms with van der Waals surface area (Å²) in [5.74, 6) is -0.418. The van der Waals surface area contributed by atoms with E-state index in [1.165, 1.54) is 23.1 Å². The Kier molecular flexibility index (Phi) is 4.60. The number of thioether (sulfide) groups is 1. The molecule has 1 fully saturated rings. The fraction of sp³-hybridized carbons (Fsp3) is 0.182. The number of aliphatic carboxylic acids is 1. The topological polar surface area (TPSA) is 70.2 Å². The van der Waals surface area contributed by atoms with E-state index < -0.39 is 12.0 Å². The molecule has 1 saturated heterocycles. The van der Waals surface area contributed by atoms with Crippen LogP contribution in [-0.4, -0.2) is 27.9 Å². The van der Waals surface area contributed by atoms with Crippen LogP contribution in [0.2, 0.25) is 0 Å². The number of carboxylic acid groups (broad SMARTS) is 1. The van der Waals surface area contributed by atoms with E-state index >= 15 is 0 Å². The van der Waals surface area contributed by atoms with Gasteiger partial charge >= 0.3 is 0 Å². The third-order valence-corrected chi connectivity index (χ3v) is 4.83. The second kappa shape index (κ2) is 5.87. The molecule has 1 aliphatic heterocycles. The van der Waals surface area contributed by atoms with Gasteiger partial charge in [0, 0.05) is 32.7 Å². The van der Waals surface area contributed by atoms with Gasteiger partial charge in [-0.05, 0) is 16.8 Å². The molecule has 0 aromatic carbocycles. The molecule has 1 aliphatic rings. The molecule has 0 saturated carbocycles. The molecule has 5 nitrogen and oxygen atoms in total. The van der Waals surface area contributed by atoms with Gasteiger partial charge in [-0.1, -0.05) is 12.3 Å². The van der Waals surface area contributed by atoms with Crippen LogP contribution < -0.4 is 8.91 Å². The number of thiazole rings is 1. The minimum Gasteiger partial charge on any atom is -0.660 e. The molecule has 3 rings (SSSR count). The number of pyridine rings is 1. The summed E-state index contributed by atoms with van der Waals surface area (Å²) in [5.41, 5.74) is 0.899. The molecule has 3 heterocycles. The minimum atomic E-state index is -0.888. The zero-order valence-corrected chi connectivity index (χ0v) is 14.2. The van der Waals surface area contributed by atoms with Crippen molar-refractivity contribution in [2.24, 2.45) is 0 Å². The average Bonchev–Trinajstić information content (AvgIpc) is 2.95. The molecule has 2 aromatic rings. The second-order valence-corrected chi connectivity index (χ2v) is 5.69. The SMILES string of the molecule is C=[n+]1/c(=C2\[N-]C(C(=O)O)CS2)sc2n[c-]ccc21.[Y]. The zero-order chi connectivity index (χ0) is 12.7. The van der Waals surface area contributed by atoms with Crippen LogP contribution in [0.3, 0.4) is 0 Å². The first-order valence-corrected chi connectivity index (χ1v) is 6.93. The fourth-order valence-corrected chi connectivity index (χ4v) is 3.84. The fourth-order valence-electron chi connectivity index (χ4n) is 1.65. The van der Waals surface area contributed by atoms with Crippen molar-refractivity contribution in [3.8, 4) is 0 Å². The summed E-state index contributed by atoms with van der Waals surface area (Å²) < 4.78 is 2.59. The molecule has 8 heteroatoms. The molecule has 1 unspecified atom stereocenters. The van der Waals surface area contributed by atoms with E-state index in [2.05, 4.69) is 23.2 Å². The van der Waals surface area contributed by atoms with Gasteiger partial charge in [-0.15, -0.1) is 23.1 Å². The van der Waals surface area contributed by atoms with Crippen molar-refractivity contribution in [2.75, 3.05) is 5.75 Å². The Morgan fingerprint density at radius 1 is 1.68 bits per heavy atom. The largest absolute Gasteiger partial charge is 0.660 e. The van der Waals surface area contributed by atoms with E-state index in [-0.39, 0.29) is 32.7 Å². The maximum Gasteiger partial charge on any atom is 0.289 e. The van der Waals surface area contributed by atoms with Gasteiger partial charge in [0.1, 0.15) is 12.2 Å². The number of hydrogen-bond donors (Lipinski definition) is 1. The van der Waals surface area contributed by atoms with Gasteiger partial charge in [0.15, 0.2) is 0 Å². The number of aromatic nitrogens is 2. The number of nitrogens with zero attached hydrogens (tertiary/aromatic N) is 3. The van der Waals surface area contributed by atoms with Crippen LogP contribution >= 0.6 is 23.1 Å². The molecule has 1 N–H and O–H groups in total. The second-order valence-electron chi connectivity index (χ2n) is 3.70. The predicted molar refractivity (Wildman–Crippen MR) is 69.7 cm³/mol. The molecule has 95 valence electrons. The summed E-state index contributed by atoms with van der Waals surface area (Å²) in [7, 11) is 0. The van der Waals surface area contributed by atoms with E-state index in [9.17, 15) is 4.79 Å². The molecule has 0 aliphatic carbocycles. The van der Waals surface area contributed by atoms with E-state index in [0.29, 0.717) is 5.75 Å². The molecule has 0 amide bonds. The van der Waals surface area contributed by atoms with Crippen LogP contribution in [0.5, 0.6) is 0 Å². The molecule has 0 spiro atoms. The third-order valence-electron chi connectivity index (χ3n) is 2.55. The number of carboxylic acids is 1. The Balaban J connectivity index is 0.00000133. The van der Waals surface area contributed by atoms with Crippen LogP contribution in [0.25, 0.3) is 20.7 Å². The van der Waals surface area contributed by atoms with E-state index in [1.54, 1.807) is 10.3 Å². The number of rotatable bonds is 1. The average molecular weight is 367 g/mol. The van der Waals surface area contributed by atoms with E-state index in [0.717, 1.165) is 20.0 Å². The van der Waals surface area contributed by atoms with Gasteiger partial charge < -0.3 is 15.4 Å². The first-order chi connectivity index (χ1) is 8.66. The van der Waals surface area contributed by atoms with Crippen LogP contribution in [-0.2, 0) is 37.5 Å². The van der Waals surface area contributed by atoms with Crippen molar-refractivity contribution < 1.29 is 46.9 Å². The van der Waals surface area contributed by atoms with Crippen molar-refractivity contribution in [2.45, 2.75) is 6.04 Å². The van der Waals surface area contributed by atoms with Crippen LogP contribution in [0, 0.1) is 12.9 Å². The molecular formula is C11H8N3O2S2Y-. The summed E-state index contributed by atoms with van der Waals surface area (Å²) in [5, 5.41) is 13.9. The maximum atomic E-state index is 10.9. The Morgan fingerprint density at radius 2 is 2.47 bits per heavy atom. The van der Waals surface area contributed by atoms with Gasteiger partial charge in [0.25, 0.3) is 5.97 Å². The Morgan fingerprint density at radius 3 is 3.11 bits per heavy atom. The van der Waals surface area contributed by atoms with Crippen molar-refractivity contribution in [1.29, 1.82) is 0 Å². The van der Waals surface area contributed by atoms with Crippen LogP contribution in [0.1, 0.15) is 0 Å². The Bertz CT molecular complexity index is 746. The summed E-state index contributed by atoms with van der Waals surface area (Å²) in [6.45, 7) is 3.95. The molecular weight excluding hydrogens is 359 g/mol. The summed E-state index contributed by atoms with van der Waals surface area (Å²) in [6.07, 6.45) is 2.77. The molecule has 1 radical (unpaired) electrons. The van der Waals surface area contributed by atoms with E-state index in [4.69, 9.17) is 5.11 Å². The van der Waals surface area contributed by atoms with Crippen molar-refractivity contribution >= 4 is 44.4 Å². The van der Waals surface area contributed by atoms with Gasteiger partial charge in [0.05, 0.1) is 4.83 Å². The van der Waals surface area contributed by atoms with Crippen molar-refractivity contribution in [1.82, 2.24) is 4.98 Å². The van der Waals surface area contributed by atoms with Crippen molar-refractivity contribution in [3.63, 3.8) is 0 Å². The van der Waals surface area contributed by atoms with Gasteiger partial charge in [0.2, 0.25) is 4.66 Å². The predicted octanol–water partition coefficient (Wildman–Crippen LogP) is 0.661. The zero-order valence-electron chi connectivity index (χ0n) is 9.74. The third kappa shape index (κ3) is 2.70. The minimum absolute atomic E-state index is 0. The first kappa shape index (κ1) is 14.9. The Labute approximate surface area is 142 Å². The molecule has 19 heavy (non-hydrogen) atoms. The monoisotopic (exact) mass is 367 g/mol. The number of carbonyl (C=O) groups is 1. The standard InChI is InChI=1S/C11H8N3O2S2.Y/c1-14-7-3-2-4-12-8(7)18-10(14)9-13-6(5-17-9)11(15)16;/h2-3,6H,1,5H2,(H,15,16);/q-1;/b10-9-;. The summed E-state index contributed by atoms with van der Waals surface area (Å²) in [6, 6.07) is 2.95.